The molecule has 0 radical (unpaired) electrons. The molecule has 1 aromatic heterocycles. The van der Waals surface area contributed by atoms with Crippen molar-refractivity contribution in [2.45, 2.75) is 13.0 Å². The van der Waals surface area contributed by atoms with Crippen molar-refractivity contribution in [3.63, 3.8) is 0 Å². The number of carbonyl (C=O) groups excluding carboxylic acids is 1. The molecule has 1 fully saturated rings. The normalized spacial score (nSPS) is 16.4. The molecular weight excluding hydrogens is 400 g/mol. The molecular formula is C23H24N2O4S. The van der Waals surface area contributed by atoms with Crippen molar-refractivity contribution >= 4 is 17.2 Å². The smallest absolute Gasteiger partial charge is 0.266 e. The molecule has 0 spiro atoms. The van der Waals surface area contributed by atoms with E-state index in [-0.39, 0.29) is 12.0 Å². The fraction of sp³-hybridized carbons (Fsp3) is 0.304. The molecule has 1 aliphatic rings. The lowest BCUT2D eigenvalue weighted by atomic mass is 10.1. The zero-order valence-corrected chi connectivity index (χ0v) is 18.1. The van der Waals surface area contributed by atoms with E-state index in [9.17, 15) is 4.79 Å². The number of hydrogen-bond donors (Lipinski definition) is 0. The first-order valence-electron chi connectivity index (χ1n) is 9.76. The molecule has 1 aliphatic heterocycles. The number of rotatable bonds is 5. The van der Waals surface area contributed by atoms with E-state index in [4.69, 9.17) is 14.2 Å². The van der Waals surface area contributed by atoms with E-state index in [1.165, 1.54) is 11.3 Å². The topological polar surface area (TPSA) is 60.9 Å². The van der Waals surface area contributed by atoms with Crippen molar-refractivity contribution in [2.24, 2.45) is 0 Å². The van der Waals surface area contributed by atoms with Gasteiger partial charge in [-0.05, 0) is 30.7 Å². The molecule has 6 nitrogen and oxygen atoms in total. The third-order valence-electron chi connectivity index (χ3n) is 5.15. The van der Waals surface area contributed by atoms with Gasteiger partial charge in [-0.15, -0.1) is 11.3 Å². The highest BCUT2D eigenvalue weighted by Crippen LogP contribution is 2.35. The number of ether oxygens (including phenoxy) is 3. The van der Waals surface area contributed by atoms with Crippen LogP contribution in [0, 0.1) is 6.92 Å². The van der Waals surface area contributed by atoms with E-state index in [2.05, 4.69) is 4.98 Å². The van der Waals surface area contributed by atoms with Crippen LogP contribution in [0.5, 0.6) is 11.5 Å². The van der Waals surface area contributed by atoms with Crippen LogP contribution in [0.3, 0.4) is 0 Å². The summed E-state index contributed by atoms with van der Waals surface area (Å²) in [5.74, 6) is 1.29. The second kappa shape index (κ2) is 8.85. The highest BCUT2D eigenvalue weighted by molar-refractivity contribution is 7.17. The molecule has 0 saturated carbocycles. The zero-order chi connectivity index (χ0) is 21.1. The maximum absolute atomic E-state index is 13.3. The number of methoxy groups -OCH3 is 2. The third-order valence-corrected chi connectivity index (χ3v) is 6.34. The summed E-state index contributed by atoms with van der Waals surface area (Å²) in [5.41, 5.74) is 2.71. The van der Waals surface area contributed by atoms with Gasteiger partial charge in [0.2, 0.25) is 0 Å². The number of aromatic nitrogens is 1. The van der Waals surface area contributed by atoms with Crippen LogP contribution >= 0.6 is 11.3 Å². The van der Waals surface area contributed by atoms with Gasteiger partial charge in [0.15, 0.2) is 11.5 Å². The molecule has 1 saturated heterocycles. The van der Waals surface area contributed by atoms with E-state index in [1.54, 1.807) is 14.2 Å². The number of amides is 1. The van der Waals surface area contributed by atoms with Crippen molar-refractivity contribution in [1.29, 1.82) is 0 Å². The van der Waals surface area contributed by atoms with E-state index in [1.807, 2.05) is 60.4 Å². The second-order valence-corrected chi connectivity index (χ2v) is 8.02. The Morgan fingerprint density at radius 3 is 2.63 bits per heavy atom. The van der Waals surface area contributed by atoms with Crippen molar-refractivity contribution in [3.05, 3.63) is 64.7 Å². The summed E-state index contributed by atoms with van der Waals surface area (Å²) >= 11 is 1.40. The number of benzene rings is 2. The molecule has 156 valence electrons. The van der Waals surface area contributed by atoms with E-state index < -0.39 is 0 Å². The quantitative estimate of drug-likeness (QED) is 0.609. The van der Waals surface area contributed by atoms with Crippen molar-refractivity contribution in [2.75, 3.05) is 33.9 Å². The largest absolute Gasteiger partial charge is 0.493 e. The van der Waals surface area contributed by atoms with Crippen LogP contribution in [0.1, 0.15) is 27.0 Å². The molecule has 2 heterocycles. The summed E-state index contributed by atoms with van der Waals surface area (Å²) in [6.45, 7) is 3.51. The minimum atomic E-state index is -0.109. The maximum atomic E-state index is 13.3. The number of carbonyl (C=O) groups is 1. The lowest BCUT2D eigenvalue weighted by Crippen LogP contribution is -2.42. The Labute approximate surface area is 180 Å². The van der Waals surface area contributed by atoms with Gasteiger partial charge in [-0.25, -0.2) is 4.98 Å². The SMILES string of the molecule is COc1ccc(-c2nc(C)c(C(=O)N3CCO[C@@H](c4ccccc4)C3)s2)cc1OC. The highest BCUT2D eigenvalue weighted by Gasteiger charge is 2.28. The number of hydrogen-bond acceptors (Lipinski definition) is 6. The van der Waals surface area contributed by atoms with Crippen LogP contribution < -0.4 is 9.47 Å². The summed E-state index contributed by atoms with van der Waals surface area (Å²) in [5, 5.41) is 0.782. The van der Waals surface area contributed by atoms with E-state index in [0.717, 1.165) is 21.8 Å². The zero-order valence-electron chi connectivity index (χ0n) is 17.3. The first-order valence-corrected chi connectivity index (χ1v) is 10.6. The van der Waals surface area contributed by atoms with Crippen LogP contribution in [0.15, 0.2) is 48.5 Å². The Morgan fingerprint density at radius 1 is 1.13 bits per heavy atom. The number of thiazole rings is 1. The molecule has 1 atom stereocenters. The average Bonchev–Trinajstić information content (AvgIpc) is 3.20. The summed E-state index contributed by atoms with van der Waals surface area (Å²) < 4.78 is 16.6. The maximum Gasteiger partial charge on any atom is 0.266 e. The minimum absolute atomic E-state index is 0.000887. The number of aryl methyl sites for hydroxylation is 1. The van der Waals surface area contributed by atoms with Gasteiger partial charge in [-0.3, -0.25) is 4.79 Å². The van der Waals surface area contributed by atoms with E-state index >= 15 is 0 Å². The fourth-order valence-electron chi connectivity index (χ4n) is 3.53. The van der Waals surface area contributed by atoms with Crippen molar-refractivity contribution in [3.8, 4) is 22.1 Å². The van der Waals surface area contributed by atoms with Gasteiger partial charge in [0.25, 0.3) is 5.91 Å². The molecule has 4 rings (SSSR count). The summed E-state index contributed by atoms with van der Waals surface area (Å²) in [4.78, 5) is 20.4. The molecule has 0 unspecified atom stereocenters. The van der Waals surface area contributed by atoms with Crippen LogP contribution in [0.4, 0.5) is 0 Å². The number of morpholine rings is 1. The Balaban J connectivity index is 1.56. The molecule has 0 bridgehead atoms. The van der Waals surface area contributed by atoms with Crippen molar-refractivity contribution in [1.82, 2.24) is 9.88 Å². The first kappa shape index (κ1) is 20.4. The van der Waals surface area contributed by atoms with Gasteiger partial charge in [0, 0.05) is 12.1 Å². The molecule has 1 amide bonds. The van der Waals surface area contributed by atoms with Gasteiger partial charge in [-0.2, -0.15) is 0 Å². The van der Waals surface area contributed by atoms with Crippen LogP contribution in [-0.4, -0.2) is 49.7 Å². The molecule has 30 heavy (non-hydrogen) atoms. The monoisotopic (exact) mass is 424 g/mol. The summed E-state index contributed by atoms with van der Waals surface area (Å²) in [6, 6.07) is 15.7. The van der Waals surface area contributed by atoms with Gasteiger partial charge in [0.05, 0.1) is 33.1 Å². The first-order chi connectivity index (χ1) is 14.6. The van der Waals surface area contributed by atoms with Crippen LogP contribution in [0.25, 0.3) is 10.6 Å². The van der Waals surface area contributed by atoms with Gasteiger partial charge >= 0.3 is 0 Å². The van der Waals surface area contributed by atoms with Gasteiger partial charge < -0.3 is 19.1 Å². The van der Waals surface area contributed by atoms with Gasteiger partial charge in [0.1, 0.15) is 16.0 Å². The predicted molar refractivity (Wildman–Crippen MR) is 116 cm³/mol. The lowest BCUT2D eigenvalue weighted by molar-refractivity contribution is -0.0226. The number of nitrogens with zero attached hydrogens (tertiary/aromatic N) is 2. The fourth-order valence-corrected chi connectivity index (χ4v) is 4.56. The summed E-state index contributed by atoms with van der Waals surface area (Å²) in [6.07, 6.45) is -0.109. The van der Waals surface area contributed by atoms with Gasteiger partial charge in [-0.1, -0.05) is 30.3 Å². The molecule has 3 aromatic rings. The second-order valence-electron chi connectivity index (χ2n) is 7.02. The minimum Gasteiger partial charge on any atom is -0.493 e. The molecule has 0 N–H and O–H groups in total. The Hall–Kier alpha value is -2.90. The standard InChI is InChI=1S/C23H24N2O4S/c1-15-21(30-22(24-15)17-9-10-18(27-2)19(13-17)28-3)23(26)25-11-12-29-20(14-25)16-7-5-4-6-8-16/h4-10,13,20H,11-12,14H2,1-3H3/t20-/m1/s1. The Kier molecular flexibility index (Phi) is 6.01. The summed E-state index contributed by atoms with van der Waals surface area (Å²) in [7, 11) is 3.21. The lowest BCUT2D eigenvalue weighted by Gasteiger charge is -2.33. The van der Waals surface area contributed by atoms with Crippen molar-refractivity contribution < 1.29 is 19.0 Å². The molecule has 2 aromatic carbocycles. The third kappa shape index (κ3) is 4.04. The van der Waals surface area contributed by atoms with Crippen LogP contribution in [0.2, 0.25) is 0 Å². The molecule has 7 heteroatoms. The van der Waals surface area contributed by atoms with Crippen LogP contribution in [-0.2, 0) is 4.74 Å². The Morgan fingerprint density at radius 2 is 1.90 bits per heavy atom. The average molecular weight is 425 g/mol. The highest BCUT2D eigenvalue weighted by atomic mass is 32.1. The predicted octanol–water partition coefficient (Wildman–Crippen LogP) is 4.35. The van der Waals surface area contributed by atoms with E-state index in [0.29, 0.717) is 36.1 Å². The molecule has 0 aliphatic carbocycles. The Bertz CT molecular complexity index is 1030.